The van der Waals surface area contributed by atoms with Crippen molar-refractivity contribution in [3.63, 3.8) is 0 Å². The lowest BCUT2D eigenvalue weighted by molar-refractivity contribution is -0.133. The van der Waals surface area contributed by atoms with Crippen LogP contribution in [0.4, 0.5) is 0 Å². The van der Waals surface area contributed by atoms with E-state index in [2.05, 4.69) is 33.6 Å². The van der Waals surface area contributed by atoms with Gasteiger partial charge in [-0.3, -0.25) is 14.4 Å². The lowest BCUT2D eigenvalue weighted by Crippen LogP contribution is -2.58. The lowest BCUT2D eigenvalue weighted by Gasteiger charge is -2.49. The Morgan fingerprint density at radius 1 is 1.48 bits per heavy atom. The van der Waals surface area contributed by atoms with Crippen LogP contribution >= 0.6 is 0 Å². The predicted octanol–water partition coefficient (Wildman–Crippen LogP) is 1.09. The van der Waals surface area contributed by atoms with Gasteiger partial charge in [0.2, 0.25) is 5.91 Å². The van der Waals surface area contributed by atoms with Crippen molar-refractivity contribution < 1.29 is 9.53 Å². The van der Waals surface area contributed by atoms with Gasteiger partial charge in [-0.25, -0.2) is 0 Å². The molecule has 25 heavy (non-hydrogen) atoms. The monoisotopic (exact) mass is 349 g/mol. The summed E-state index contributed by atoms with van der Waals surface area (Å²) in [6.07, 6.45) is 7.64. The maximum Gasteiger partial charge on any atom is 0.224 e. The van der Waals surface area contributed by atoms with Crippen LogP contribution in [0.2, 0.25) is 0 Å². The Kier molecular flexibility index (Phi) is 6.42. The molecule has 140 valence electrons. The number of carbonyl (C=O) groups excluding carboxylic acids is 1. The zero-order valence-corrected chi connectivity index (χ0v) is 15.5. The van der Waals surface area contributed by atoms with Crippen molar-refractivity contribution in [3.05, 3.63) is 11.9 Å². The molecule has 1 N–H and O–H groups in total. The molecule has 3 fully saturated rings. The number of rotatable bonds is 9. The number of unbranched alkanes of at least 4 members (excludes halogenated alkanes) is 1. The Bertz CT molecular complexity index is 561. The number of hydrogen-bond donors (Lipinski definition) is 1. The van der Waals surface area contributed by atoms with Crippen molar-refractivity contribution in [1.82, 2.24) is 25.2 Å². The Morgan fingerprint density at radius 3 is 3.08 bits per heavy atom. The number of ether oxygens (including phenoxy) is 1. The summed E-state index contributed by atoms with van der Waals surface area (Å²) < 4.78 is 7.00. The highest BCUT2D eigenvalue weighted by Crippen LogP contribution is 2.36. The van der Waals surface area contributed by atoms with Gasteiger partial charge >= 0.3 is 0 Å². The zero-order valence-electron chi connectivity index (χ0n) is 15.5. The molecule has 2 bridgehead atoms. The summed E-state index contributed by atoms with van der Waals surface area (Å²) in [6, 6.07) is 0.475. The molecule has 7 heteroatoms. The third-order valence-electron chi connectivity index (χ3n) is 5.59. The van der Waals surface area contributed by atoms with E-state index in [-0.39, 0.29) is 11.8 Å². The van der Waals surface area contributed by atoms with Crippen LogP contribution in [0.3, 0.4) is 0 Å². The van der Waals surface area contributed by atoms with Crippen LogP contribution in [0.15, 0.2) is 6.20 Å². The van der Waals surface area contributed by atoms with E-state index in [1.807, 2.05) is 4.68 Å². The number of amides is 1. The Morgan fingerprint density at radius 2 is 2.36 bits per heavy atom. The van der Waals surface area contributed by atoms with E-state index in [9.17, 15) is 4.79 Å². The number of hydrogen-bond acceptors (Lipinski definition) is 5. The molecule has 1 aromatic rings. The molecular weight excluding hydrogens is 318 g/mol. The van der Waals surface area contributed by atoms with Crippen LogP contribution in [0, 0.1) is 11.8 Å². The van der Waals surface area contributed by atoms with Gasteiger partial charge in [0.05, 0.1) is 24.8 Å². The molecule has 0 spiro atoms. The highest BCUT2D eigenvalue weighted by molar-refractivity contribution is 5.79. The molecule has 1 aromatic heterocycles. The maximum absolute atomic E-state index is 12.4. The van der Waals surface area contributed by atoms with Gasteiger partial charge in [-0.05, 0) is 38.1 Å². The summed E-state index contributed by atoms with van der Waals surface area (Å²) in [5.74, 6) is 0.797. The number of fused-ring (bicyclic) bond motifs is 3. The number of nitrogens with zero attached hydrogens (tertiary/aromatic N) is 4. The molecule has 4 heterocycles. The van der Waals surface area contributed by atoms with E-state index in [1.54, 1.807) is 7.11 Å². The fourth-order valence-electron chi connectivity index (χ4n) is 4.15. The quantitative estimate of drug-likeness (QED) is 0.676. The molecule has 0 radical (unpaired) electrons. The first-order valence-corrected chi connectivity index (χ1v) is 9.61. The van der Waals surface area contributed by atoms with Gasteiger partial charge < -0.3 is 10.1 Å². The fraction of sp³-hybridized carbons (Fsp3) is 0.833. The topological polar surface area (TPSA) is 72.3 Å². The van der Waals surface area contributed by atoms with Gasteiger partial charge in [-0.1, -0.05) is 18.6 Å². The highest BCUT2D eigenvalue weighted by Gasteiger charge is 2.43. The highest BCUT2D eigenvalue weighted by atomic mass is 16.5. The number of aryl methyl sites for hydroxylation is 1. The van der Waals surface area contributed by atoms with E-state index in [0.29, 0.717) is 25.1 Å². The molecule has 4 unspecified atom stereocenters. The van der Waals surface area contributed by atoms with Crippen LogP contribution in [-0.2, 0) is 22.5 Å². The van der Waals surface area contributed by atoms with Gasteiger partial charge in [0.15, 0.2) is 0 Å². The van der Waals surface area contributed by atoms with E-state index in [0.717, 1.165) is 51.0 Å². The molecule has 3 aliphatic heterocycles. The minimum Gasteiger partial charge on any atom is -0.383 e. The smallest absolute Gasteiger partial charge is 0.224 e. The molecule has 4 atom stereocenters. The van der Waals surface area contributed by atoms with Crippen LogP contribution < -0.4 is 5.32 Å². The summed E-state index contributed by atoms with van der Waals surface area (Å²) >= 11 is 0. The Balaban J connectivity index is 1.52. The molecule has 1 amide bonds. The molecule has 0 aliphatic carbocycles. The van der Waals surface area contributed by atoms with Crippen LogP contribution in [0.5, 0.6) is 0 Å². The van der Waals surface area contributed by atoms with Gasteiger partial charge in [-0.2, -0.15) is 0 Å². The third kappa shape index (κ3) is 4.58. The number of nitrogens with one attached hydrogen (secondary N) is 1. The predicted molar refractivity (Wildman–Crippen MR) is 95.1 cm³/mol. The average Bonchev–Trinajstić information content (AvgIpc) is 3.08. The van der Waals surface area contributed by atoms with Crippen LogP contribution in [0.1, 0.15) is 38.3 Å². The van der Waals surface area contributed by atoms with Crippen molar-refractivity contribution in [1.29, 1.82) is 0 Å². The van der Waals surface area contributed by atoms with E-state index in [4.69, 9.17) is 4.74 Å². The summed E-state index contributed by atoms with van der Waals surface area (Å²) in [7, 11) is 1.66. The third-order valence-corrected chi connectivity index (χ3v) is 5.59. The molecule has 7 nitrogen and oxygen atoms in total. The second-order valence-electron chi connectivity index (χ2n) is 7.36. The number of aromatic nitrogens is 3. The zero-order chi connectivity index (χ0) is 17.6. The minimum absolute atomic E-state index is 0.123. The fourth-order valence-corrected chi connectivity index (χ4v) is 4.15. The SMILES string of the molecule is CCCCc1cn(CC2CC3CCN2CC3C(=O)NCCOC)nn1. The van der Waals surface area contributed by atoms with Crippen molar-refractivity contribution >= 4 is 5.91 Å². The first kappa shape index (κ1) is 18.3. The molecule has 0 saturated carbocycles. The van der Waals surface area contributed by atoms with Gasteiger partial charge in [-0.15, -0.1) is 5.10 Å². The number of methoxy groups -OCH3 is 1. The van der Waals surface area contributed by atoms with Crippen LogP contribution in [0.25, 0.3) is 0 Å². The summed E-state index contributed by atoms with van der Waals surface area (Å²) in [5, 5.41) is 11.6. The molecule has 4 rings (SSSR count). The normalized spacial score (nSPS) is 28.2. The average molecular weight is 349 g/mol. The Hall–Kier alpha value is -1.47. The van der Waals surface area contributed by atoms with E-state index < -0.39 is 0 Å². The van der Waals surface area contributed by atoms with Crippen molar-refractivity contribution in [2.24, 2.45) is 11.8 Å². The molecule has 3 saturated heterocycles. The van der Waals surface area contributed by atoms with Gasteiger partial charge in [0, 0.05) is 32.4 Å². The molecule has 0 aromatic carbocycles. The van der Waals surface area contributed by atoms with E-state index in [1.165, 1.54) is 6.42 Å². The number of carbonyl (C=O) groups is 1. The lowest BCUT2D eigenvalue weighted by atomic mass is 9.75. The molecular formula is C18H31N5O2. The van der Waals surface area contributed by atoms with Crippen molar-refractivity contribution in [2.75, 3.05) is 33.4 Å². The van der Waals surface area contributed by atoms with E-state index >= 15 is 0 Å². The van der Waals surface area contributed by atoms with Crippen LogP contribution in [-0.4, -0.2) is 65.2 Å². The van der Waals surface area contributed by atoms with Crippen molar-refractivity contribution in [2.45, 2.75) is 51.6 Å². The second-order valence-corrected chi connectivity index (χ2v) is 7.36. The standard InChI is InChI=1S/C18H31N5O2/c1-3-4-5-15-11-23(21-20-15)12-16-10-14-6-8-22(16)13-17(14)18(24)19-7-9-25-2/h11,14,16-17H,3-10,12-13H2,1-2H3,(H,19,24). The largest absolute Gasteiger partial charge is 0.383 e. The van der Waals surface area contributed by atoms with Gasteiger partial charge in [0.25, 0.3) is 0 Å². The first-order valence-electron chi connectivity index (χ1n) is 9.61. The second kappa shape index (κ2) is 8.76. The summed E-state index contributed by atoms with van der Waals surface area (Å²) in [6.45, 7) is 6.20. The summed E-state index contributed by atoms with van der Waals surface area (Å²) in [5.41, 5.74) is 1.09. The first-order chi connectivity index (χ1) is 12.2. The minimum atomic E-state index is 0.123. The Labute approximate surface area is 150 Å². The van der Waals surface area contributed by atoms with Crippen molar-refractivity contribution in [3.8, 4) is 0 Å². The molecule has 3 aliphatic rings. The maximum atomic E-state index is 12.4. The summed E-state index contributed by atoms with van der Waals surface area (Å²) in [4.78, 5) is 14.9. The van der Waals surface area contributed by atoms with Gasteiger partial charge in [0.1, 0.15) is 0 Å². The number of piperidine rings is 3.